The molecule has 2 aromatic heterocycles. The average Bonchev–Trinajstić information content (AvgIpc) is 3.22. The van der Waals surface area contributed by atoms with Crippen LogP contribution in [0, 0.1) is 5.92 Å². The van der Waals surface area contributed by atoms with Gasteiger partial charge in [0, 0.05) is 5.92 Å². The van der Waals surface area contributed by atoms with Gasteiger partial charge in [-0.15, -0.1) is 0 Å². The number of rotatable bonds is 6. The van der Waals surface area contributed by atoms with Gasteiger partial charge in [-0.2, -0.15) is 0 Å². The summed E-state index contributed by atoms with van der Waals surface area (Å²) in [5, 5.41) is 1.14. The van der Waals surface area contributed by atoms with Crippen molar-refractivity contribution in [2.45, 2.75) is 43.8 Å². The van der Waals surface area contributed by atoms with E-state index in [0.717, 1.165) is 25.7 Å². The van der Waals surface area contributed by atoms with Crippen LogP contribution in [0.15, 0.2) is 57.0 Å². The lowest BCUT2D eigenvalue weighted by molar-refractivity contribution is -0.121. The molecule has 0 unspecified atom stereocenters. The van der Waals surface area contributed by atoms with Crippen LogP contribution in [0.5, 0.6) is 0 Å². The number of ketones is 1. The van der Waals surface area contributed by atoms with Crippen LogP contribution in [0.3, 0.4) is 0 Å². The van der Waals surface area contributed by atoms with E-state index in [9.17, 15) is 9.59 Å². The van der Waals surface area contributed by atoms with E-state index < -0.39 is 0 Å². The van der Waals surface area contributed by atoms with Crippen molar-refractivity contribution < 1.29 is 9.21 Å². The summed E-state index contributed by atoms with van der Waals surface area (Å²) in [6.45, 7) is 0.309. The Balaban J connectivity index is 1.63. The number of Topliss-reactive ketones (excluding diaryl/α,β-unsaturated/α-hetero) is 1. The van der Waals surface area contributed by atoms with Gasteiger partial charge in [0.25, 0.3) is 5.56 Å². The second-order valence-corrected chi connectivity index (χ2v) is 7.91. The van der Waals surface area contributed by atoms with Crippen molar-refractivity contribution in [2.75, 3.05) is 5.75 Å². The largest absolute Gasteiger partial charge is 0.467 e. The van der Waals surface area contributed by atoms with Crippen LogP contribution in [-0.2, 0) is 11.3 Å². The minimum Gasteiger partial charge on any atom is -0.467 e. The number of carbonyl (C=O) groups excluding carboxylic acids is 1. The fourth-order valence-corrected chi connectivity index (χ4v) is 4.61. The Morgan fingerprint density at radius 3 is 2.74 bits per heavy atom. The molecule has 2 heterocycles. The van der Waals surface area contributed by atoms with Crippen LogP contribution in [0.4, 0.5) is 0 Å². The van der Waals surface area contributed by atoms with Crippen LogP contribution < -0.4 is 5.56 Å². The monoisotopic (exact) mass is 382 g/mol. The summed E-state index contributed by atoms with van der Waals surface area (Å²) in [6, 6.07) is 11.0. The molecule has 5 nitrogen and oxygen atoms in total. The van der Waals surface area contributed by atoms with Crippen LogP contribution >= 0.6 is 11.8 Å². The Labute approximate surface area is 161 Å². The molecular formula is C21H22N2O3S. The van der Waals surface area contributed by atoms with Gasteiger partial charge in [0.15, 0.2) is 5.16 Å². The number of hydrogen-bond donors (Lipinski definition) is 0. The topological polar surface area (TPSA) is 65.1 Å². The molecule has 6 heteroatoms. The van der Waals surface area contributed by atoms with Crippen LogP contribution in [0.25, 0.3) is 10.9 Å². The third-order valence-corrected chi connectivity index (χ3v) is 6.12. The molecule has 0 amide bonds. The normalized spacial score (nSPS) is 15.3. The van der Waals surface area contributed by atoms with Crippen molar-refractivity contribution in [1.29, 1.82) is 0 Å². The molecule has 0 bridgehead atoms. The number of nitrogens with zero attached hydrogens (tertiary/aromatic N) is 2. The van der Waals surface area contributed by atoms with Gasteiger partial charge < -0.3 is 4.42 Å². The number of fused-ring (bicyclic) bond motifs is 1. The molecule has 4 rings (SSSR count). The highest BCUT2D eigenvalue weighted by Gasteiger charge is 2.22. The Hall–Kier alpha value is -2.34. The first kappa shape index (κ1) is 18.0. The van der Waals surface area contributed by atoms with Crippen molar-refractivity contribution in [3.63, 3.8) is 0 Å². The number of thioether (sulfide) groups is 1. The lowest BCUT2D eigenvalue weighted by Crippen LogP contribution is -2.25. The molecule has 0 radical (unpaired) electrons. The molecule has 1 aliphatic carbocycles. The molecule has 0 atom stereocenters. The first-order chi connectivity index (χ1) is 13.2. The Kier molecular flexibility index (Phi) is 5.43. The SMILES string of the molecule is O=C(CSc1nc2ccccc2c(=O)n1Cc1ccco1)C1CCCCC1. The number of aromatic nitrogens is 2. The summed E-state index contributed by atoms with van der Waals surface area (Å²) in [4.78, 5) is 30.3. The quantitative estimate of drug-likeness (QED) is 0.470. The maximum atomic E-state index is 13.0. The highest BCUT2D eigenvalue weighted by molar-refractivity contribution is 7.99. The van der Waals surface area contributed by atoms with E-state index in [0.29, 0.717) is 34.1 Å². The summed E-state index contributed by atoms with van der Waals surface area (Å²) in [5.41, 5.74) is 0.551. The first-order valence-corrected chi connectivity index (χ1v) is 10.4. The minimum absolute atomic E-state index is 0.107. The molecule has 1 aromatic carbocycles. The van der Waals surface area contributed by atoms with Crippen LogP contribution in [0.1, 0.15) is 37.9 Å². The van der Waals surface area contributed by atoms with Gasteiger partial charge in [0.1, 0.15) is 11.5 Å². The predicted octanol–water partition coefficient (Wildman–Crippen LogP) is 4.28. The van der Waals surface area contributed by atoms with E-state index in [1.807, 2.05) is 24.3 Å². The zero-order valence-corrected chi connectivity index (χ0v) is 15.9. The molecule has 0 spiro atoms. The van der Waals surface area contributed by atoms with E-state index in [4.69, 9.17) is 4.42 Å². The number of hydrogen-bond acceptors (Lipinski definition) is 5. The van der Waals surface area contributed by atoms with Crippen molar-refractivity contribution in [3.8, 4) is 0 Å². The van der Waals surface area contributed by atoms with Gasteiger partial charge in [-0.25, -0.2) is 4.98 Å². The van der Waals surface area contributed by atoms with Gasteiger partial charge in [-0.05, 0) is 37.1 Å². The number of furan rings is 1. The van der Waals surface area contributed by atoms with Gasteiger partial charge in [-0.3, -0.25) is 14.2 Å². The first-order valence-electron chi connectivity index (χ1n) is 9.40. The average molecular weight is 382 g/mol. The van der Waals surface area contributed by atoms with E-state index in [1.54, 1.807) is 23.0 Å². The third-order valence-electron chi connectivity index (χ3n) is 5.12. The summed E-state index contributed by atoms with van der Waals surface area (Å²) in [5.74, 6) is 1.48. The highest BCUT2D eigenvalue weighted by atomic mass is 32.2. The van der Waals surface area contributed by atoms with E-state index in [1.165, 1.54) is 18.2 Å². The summed E-state index contributed by atoms with van der Waals surface area (Å²) < 4.78 is 7.03. The molecule has 1 aliphatic rings. The van der Waals surface area contributed by atoms with Crippen molar-refractivity contribution in [1.82, 2.24) is 9.55 Å². The van der Waals surface area contributed by atoms with Crippen molar-refractivity contribution in [3.05, 3.63) is 58.8 Å². The Morgan fingerprint density at radius 1 is 1.15 bits per heavy atom. The van der Waals surface area contributed by atoms with E-state index in [-0.39, 0.29) is 17.3 Å². The maximum absolute atomic E-state index is 13.0. The molecule has 0 saturated heterocycles. The second kappa shape index (κ2) is 8.13. The number of para-hydroxylation sites is 1. The fourth-order valence-electron chi connectivity index (χ4n) is 3.63. The fraction of sp³-hybridized carbons (Fsp3) is 0.381. The summed E-state index contributed by atoms with van der Waals surface area (Å²) in [6.07, 6.45) is 7.07. The smallest absolute Gasteiger partial charge is 0.262 e. The van der Waals surface area contributed by atoms with Gasteiger partial charge in [0.2, 0.25) is 0 Å². The lowest BCUT2D eigenvalue weighted by atomic mass is 9.87. The second-order valence-electron chi connectivity index (χ2n) is 6.97. The van der Waals surface area contributed by atoms with Crippen molar-refractivity contribution >= 4 is 28.4 Å². The Morgan fingerprint density at radius 2 is 1.96 bits per heavy atom. The third kappa shape index (κ3) is 4.00. The molecule has 1 saturated carbocycles. The number of benzene rings is 1. The highest BCUT2D eigenvalue weighted by Crippen LogP contribution is 2.27. The molecule has 27 heavy (non-hydrogen) atoms. The maximum Gasteiger partial charge on any atom is 0.262 e. The summed E-state index contributed by atoms with van der Waals surface area (Å²) in [7, 11) is 0. The molecule has 1 fully saturated rings. The Bertz CT molecular complexity index is 988. The minimum atomic E-state index is -0.107. The lowest BCUT2D eigenvalue weighted by Gasteiger charge is -2.20. The van der Waals surface area contributed by atoms with Gasteiger partial charge >= 0.3 is 0 Å². The molecule has 0 N–H and O–H groups in total. The zero-order valence-electron chi connectivity index (χ0n) is 15.1. The van der Waals surface area contributed by atoms with Crippen molar-refractivity contribution in [2.24, 2.45) is 5.92 Å². The van der Waals surface area contributed by atoms with Crippen LogP contribution in [-0.4, -0.2) is 21.1 Å². The summed E-state index contributed by atoms with van der Waals surface area (Å²) >= 11 is 1.36. The van der Waals surface area contributed by atoms with Gasteiger partial charge in [0.05, 0.1) is 29.5 Å². The van der Waals surface area contributed by atoms with E-state index >= 15 is 0 Å². The molecule has 0 aliphatic heterocycles. The molecule has 140 valence electrons. The number of carbonyl (C=O) groups is 1. The van der Waals surface area contributed by atoms with E-state index in [2.05, 4.69) is 4.98 Å². The standard InChI is InChI=1S/C21H22N2O3S/c24-19(15-7-2-1-3-8-15)14-27-21-22-18-11-5-4-10-17(18)20(25)23(21)13-16-9-6-12-26-16/h4-6,9-12,15H,1-3,7-8,13-14H2. The molecule has 3 aromatic rings. The molecular weight excluding hydrogens is 360 g/mol. The zero-order chi connectivity index (χ0) is 18.6. The van der Waals surface area contributed by atoms with Gasteiger partial charge in [-0.1, -0.05) is 43.2 Å². The predicted molar refractivity (Wildman–Crippen MR) is 106 cm³/mol. The van der Waals surface area contributed by atoms with Crippen LogP contribution in [0.2, 0.25) is 0 Å².